The zero-order valence-electron chi connectivity index (χ0n) is 17.3. The van der Waals surface area contributed by atoms with E-state index < -0.39 is 28.4 Å². The molecule has 1 aliphatic heterocycles. The van der Waals surface area contributed by atoms with Crippen molar-refractivity contribution in [3.8, 4) is 16.9 Å². The first-order chi connectivity index (χ1) is 16.3. The summed E-state index contributed by atoms with van der Waals surface area (Å²) in [5, 5.41) is 31.5. The molecule has 1 aliphatic rings. The lowest BCUT2D eigenvalue weighted by molar-refractivity contribution is -0.384. The molecule has 166 valence electrons. The number of anilines is 1. The van der Waals surface area contributed by atoms with Gasteiger partial charge < -0.3 is 10.2 Å². The number of carboxylic acids is 1. The first-order valence-corrected chi connectivity index (χ1v) is 10.0. The second-order valence-corrected chi connectivity index (χ2v) is 7.65. The molecule has 9 heteroatoms. The van der Waals surface area contributed by atoms with Gasteiger partial charge in [-0.1, -0.05) is 24.3 Å². The first kappa shape index (κ1) is 20.8. The second kappa shape index (κ2) is 7.52. The number of hydrogen-bond acceptors (Lipinski definition) is 6. The number of aromatic carboxylic acids is 1. The Hall–Kier alpha value is -5.05. The number of benzene rings is 4. The predicted molar refractivity (Wildman–Crippen MR) is 122 cm³/mol. The lowest BCUT2D eigenvalue weighted by atomic mass is 9.87. The zero-order chi connectivity index (χ0) is 24.1. The Balaban J connectivity index is 1.82. The number of phenolic OH excluding ortho intramolecular Hbond substituents is 1. The van der Waals surface area contributed by atoms with Gasteiger partial charge in [0.2, 0.25) is 0 Å². The van der Waals surface area contributed by atoms with Crippen LogP contribution in [0.3, 0.4) is 0 Å². The fraction of sp³-hybridized carbons (Fsp3) is 0. The number of carbonyl (C=O) groups excluding carboxylic acids is 2. The van der Waals surface area contributed by atoms with Gasteiger partial charge in [0.05, 0.1) is 27.3 Å². The molecule has 2 amide bonds. The lowest BCUT2D eigenvalue weighted by Gasteiger charge is -2.28. The van der Waals surface area contributed by atoms with E-state index in [1.165, 1.54) is 48.5 Å². The standard InChI is InChI=1S/C25H14N2O7/c28-16-9-7-15(8-10-16)26-23(29)18-6-2-5-17-21(13-3-1-4-14(11-13)25(31)32)20(27(33)34)12-19(22(17)18)24(26)30/h1-12,28H,(H,31,32). The van der Waals surface area contributed by atoms with Gasteiger partial charge in [0, 0.05) is 17.0 Å². The smallest absolute Gasteiger partial charge is 0.335 e. The third kappa shape index (κ3) is 3.06. The van der Waals surface area contributed by atoms with E-state index in [0.717, 1.165) is 11.0 Å². The summed E-state index contributed by atoms with van der Waals surface area (Å²) < 4.78 is 0. The van der Waals surface area contributed by atoms with Crippen LogP contribution in [0.5, 0.6) is 5.75 Å². The Bertz CT molecular complexity index is 1560. The summed E-state index contributed by atoms with van der Waals surface area (Å²) in [6, 6.07) is 16.9. The summed E-state index contributed by atoms with van der Waals surface area (Å²) in [6.07, 6.45) is 0. The second-order valence-electron chi connectivity index (χ2n) is 7.65. The number of nitro benzene ring substituents is 1. The Morgan fingerprint density at radius 2 is 1.56 bits per heavy atom. The van der Waals surface area contributed by atoms with Gasteiger partial charge in [-0.05, 0) is 53.4 Å². The molecule has 2 N–H and O–H groups in total. The molecule has 0 spiro atoms. The van der Waals surface area contributed by atoms with E-state index in [9.17, 15) is 34.7 Å². The van der Waals surface area contributed by atoms with Crippen LogP contribution in [0.15, 0.2) is 72.8 Å². The summed E-state index contributed by atoms with van der Waals surface area (Å²) in [6.45, 7) is 0. The molecule has 34 heavy (non-hydrogen) atoms. The van der Waals surface area contributed by atoms with Crippen molar-refractivity contribution >= 4 is 39.9 Å². The summed E-state index contributed by atoms with van der Waals surface area (Å²) in [4.78, 5) is 50.5. The van der Waals surface area contributed by atoms with E-state index in [1.807, 2.05) is 0 Å². The summed E-state index contributed by atoms with van der Waals surface area (Å²) >= 11 is 0. The van der Waals surface area contributed by atoms with Crippen molar-refractivity contribution in [1.82, 2.24) is 0 Å². The molecule has 0 aromatic heterocycles. The minimum atomic E-state index is -1.19. The molecular formula is C25H14N2O7. The minimum absolute atomic E-state index is 0.0249. The average molecular weight is 454 g/mol. The molecule has 0 atom stereocenters. The van der Waals surface area contributed by atoms with Crippen molar-refractivity contribution < 1.29 is 29.5 Å². The van der Waals surface area contributed by atoms with Gasteiger partial charge in [0.15, 0.2) is 0 Å². The maximum absolute atomic E-state index is 13.4. The summed E-state index contributed by atoms with van der Waals surface area (Å²) in [5.41, 5.74) is 0.294. The van der Waals surface area contributed by atoms with E-state index in [4.69, 9.17) is 0 Å². The topological polar surface area (TPSA) is 138 Å². The first-order valence-electron chi connectivity index (χ1n) is 10.0. The molecule has 1 heterocycles. The van der Waals surface area contributed by atoms with Crippen molar-refractivity contribution in [1.29, 1.82) is 0 Å². The van der Waals surface area contributed by atoms with Crippen molar-refractivity contribution in [2.45, 2.75) is 0 Å². The Labute approximate surface area is 191 Å². The van der Waals surface area contributed by atoms with Crippen LogP contribution in [0.25, 0.3) is 21.9 Å². The van der Waals surface area contributed by atoms with Gasteiger partial charge in [0.25, 0.3) is 17.5 Å². The highest BCUT2D eigenvalue weighted by atomic mass is 16.6. The van der Waals surface area contributed by atoms with Gasteiger partial charge in [-0.2, -0.15) is 0 Å². The van der Waals surface area contributed by atoms with Gasteiger partial charge in [0.1, 0.15) is 5.75 Å². The quantitative estimate of drug-likeness (QED) is 0.261. The van der Waals surface area contributed by atoms with Crippen LogP contribution >= 0.6 is 0 Å². The van der Waals surface area contributed by atoms with E-state index in [0.29, 0.717) is 0 Å². The maximum Gasteiger partial charge on any atom is 0.335 e. The predicted octanol–water partition coefficient (Wildman–Crippen LogP) is 4.62. The normalized spacial score (nSPS) is 12.8. The van der Waals surface area contributed by atoms with Crippen LogP contribution < -0.4 is 4.90 Å². The lowest BCUT2D eigenvalue weighted by Crippen LogP contribution is -2.40. The fourth-order valence-electron chi connectivity index (χ4n) is 4.24. The van der Waals surface area contributed by atoms with Gasteiger partial charge in [-0.25, -0.2) is 9.69 Å². The summed E-state index contributed by atoms with van der Waals surface area (Å²) in [7, 11) is 0. The highest BCUT2D eigenvalue weighted by molar-refractivity contribution is 6.37. The molecule has 0 fully saturated rings. The molecule has 0 saturated carbocycles. The van der Waals surface area contributed by atoms with Gasteiger partial charge in [-0.3, -0.25) is 19.7 Å². The largest absolute Gasteiger partial charge is 0.508 e. The molecule has 0 radical (unpaired) electrons. The Morgan fingerprint density at radius 1 is 0.882 bits per heavy atom. The number of nitrogens with zero attached hydrogens (tertiary/aromatic N) is 2. The van der Waals surface area contributed by atoms with Crippen molar-refractivity contribution in [3.63, 3.8) is 0 Å². The highest BCUT2D eigenvalue weighted by Gasteiger charge is 2.37. The molecule has 0 saturated heterocycles. The van der Waals surface area contributed by atoms with Crippen LogP contribution in [0.2, 0.25) is 0 Å². The zero-order valence-corrected chi connectivity index (χ0v) is 17.3. The molecular weight excluding hydrogens is 440 g/mol. The van der Waals surface area contributed by atoms with Crippen LogP contribution in [0.1, 0.15) is 31.1 Å². The number of imide groups is 1. The molecule has 0 unspecified atom stereocenters. The van der Waals surface area contributed by atoms with Crippen molar-refractivity contribution in [2.24, 2.45) is 0 Å². The number of carboxylic acid groups (broad SMARTS) is 1. The number of rotatable bonds is 4. The van der Waals surface area contributed by atoms with Gasteiger partial charge >= 0.3 is 5.97 Å². The monoisotopic (exact) mass is 454 g/mol. The molecule has 9 nitrogen and oxygen atoms in total. The van der Waals surface area contributed by atoms with Crippen molar-refractivity contribution in [2.75, 3.05) is 4.90 Å². The van der Waals surface area contributed by atoms with Gasteiger partial charge in [-0.15, -0.1) is 0 Å². The Morgan fingerprint density at radius 3 is 2.24 bits per heavy atom. The minimum Gasteiger partial charge on any atom is -0.508 e. The van der Waals surface area contributed by atoms with Crippen LogP contribution in [0.4, 0.5) is 11.4 Å². The highest BCUT2D eigenvalue weighted by Crippen LogP contribution is 2.43. The van der Waals surface area contributed by atoms with E-state index in [1.54, 1.807) is 18.2 Å². The third-order valence-corrected chi connectivity index (χ3v) is 5.71. The molecule has 4 aromatic carbocycles. The fourth-order valence-corrected chi connectivity index (χ4v) is 4.24. The number of hydrogen-bond donors (Lipinski definition) is 2. The average Bonchev–Trinajstić information content (AvgIpc) is 2.83. The van der Waals surface area contributed by atoms with Crippen LogP contribution in [-0.2, 0) is 0 Å². The number of aromatic hydroxyl groups is 1. The van der Waals surface area contributed by atoms with E-state index in [2.05, 4.69) is 0 Å². The SMILES string of the molecule is O=C(O)c1cccc(-c2c([N+](=O)[O-])cc3c4c(cccc24)C(=O)N(c2ccc(O)cc2)C3=O)c1. The number of carbonyl (C=O) groups is 3. The maximum atomic E-state index is 13.4. The molecule has 0 bridgehead atoms. The van der Waals surface area contributed by atoms with Crippen molar-refractivity contribution in [3.05, 3.63) is 99.6 Å². The van der Waals surface area contributed by atoms with E-state index in [-0.39, 0.29) is 50.0 Å². The van der Waals surface area contributed by atoms with Crippen LogP contribution in [0, 0.1) is 10.1 Å². The number of phenols is 1. The molecule has 5 rings (SSSR count). The Kier molecular flexibility index (Phi) is 4.61. The van der Waals surface area contributed by atoms with E-state index >= 15 is 0 Å². The molecule has 4 aromatic rings. The number of nitro groups is 1. The molecule has 0 aliphatic carbocycles. The third-order valence-electron chi connectivity index (χ3n) is 5.71. The summed E-state index contributed by atoms with van der Waals surface area (Å²) in [5.74, 6) is -2.60. The van der Waals surface area contributed by atoms with Crippen LogP contribution in [-0.4, -0.2) is 32.9 Å². The number of amides is 2.